The Kier molecular flexibility index (Phi) is 5.14. The predicted octanol–water partition coefficient (Wildman–Crippen LogP) is 5.07. The summed E-state index contributed by atoms with van der Waals surface area (Å²) in [6, 6.07) is 7.81. The molecule has 0 N–H and O–H groups in total. The highest BCUT2D eigenvalue weighted by Gasteiger charge is 2.52. The fraction of sp³-hybridized carbons (Fsp3) is 0.500. The van der Waals surface area contributed by atoms with Gasteiger partial charge in [0.2, 0.25) is 0 Å². The van der Waals surface area contributed by atoms with E-state index in [0.29, 0.717) is 0 Å². The molecule has 5 heteroatoms. The second-order valence-corrected chi connectivity index (χ2v) is 7.71. The van der Waals surface area contributed by atoms with Gasteiger partial charge in [0.05, 0.1) is 11.2 Å². The minimum absolute atomic E-state index is 0.333. The molecule has 1 fully saturated rings. The van der Waals surface area contributed by atoms with E-state index in [9.17, 15) is 0 Å². The molecule has 0 saturated carbocycles. The zero-order valence-corrected chi connectivity index (χ0v) is 14.8. The zero-order valence-electron chi connectivity index (χ0n) is 13.3. The first-order valence-electron chi connectivity index (χ1n) is 7.20. The van der Waals surface area contributed by atoms with E-state index in [-0.39, 0.29) is 18.3 Å². The van der Waals surface area contributed by atoms with Crippen molar-refractivity contribution in [1.29, 1.82) is 0 Å². The van der Waals surface area contributed by atoms with Gasteiger partial charge in [0.1, 0.15) is 0 Å². The summed E-state index contributed by atoms with van der Waals surface area (Å²) < 4.78 is 12.3. The Morgan fingerprint density at radius 3 is 2.14 bits per heavy atom. The maximum Gasteiger partial charge on any atom is 0.495 e. The van der Waals surface area contributed by atoms with Crippen LogP contribution in [0.3, 0.4) is 0 Å². The normalized spacial score (nSPS) is 20.9. The molecule has 2 nitrogen and oxygen atoms in total. The Bertz CT molecular complexity index is 510. The first-order chi connectivity index (χ1) is 9.77. The molecule has 1 aromatic rings. The number of benzene rings is 1. The Labute approximate surface area is 137 Å². The third kappa shape index (κ3) is 3.68. The highest BCUT2D eigenvalue weighted by atomic mass is 35.5. The summed E-state index contributed by atoms with van der Waals surface area (Å²) in [4.78, 5) is 0. The molecule has 21 heavy (non-hydrogen) atoms. The second-order valence-electron chi connectivity index (χ2n) is 6.12. The van der Waals surface area contributed by atoms with Gasteiger partial charge in [0, 0.05) is 5.02 Å². The van der Waals surface area contributed by atoms with E-state index >= 15 is 0 Å². The number of halogens is 1. The van der Waals surface area contributed by atoms with Crippen molar-refractivity contribution in [2.45, 2.75) is 45.8 Å². The lowest BCUT2D eigenvalue weighted by Gasteiger charge is -2.32. The van der Waals surface area contributed by atoms with Crippen LogP contribution in [0.2, 0.25) is 5.02 Å². The summed E-state index contributed by atoms with van der Waals surface area (Å²) in [6.45, 7) is 10.4. The smallest absolute Gasteiger partial charge is 0.399 e. The van der Waals surface area contributed by atoms with Crippen molar-refractivity contribution in [3.8, 4) is 0 Å². The molecule has 1 aliphatic heterocycles. The molecule has 0 aromatic heterocycles. The third-order valence-corrected chi connectivity index (χ3v) is 5.07. The first kappa shape index (κ1) is 16.9. The lowest BCUT2D eigenvalue weighted by Crippen LogP contribution is -2.41. The van der Waals surface area contributed by atoms with Crippen molar-refractivity contribution in [1.82, 2.24) is 0 Å². The number of thioether (sulfide) groups is 1. The van der Waals surface area contributed by atoms with Gasteiger partial charge in [0.25, 0.3) is 0 Å². The fourth-order valence-electron chi connectivity index (χ4n) is 2.05. The third-order valence-electron chi connectivity index (χ3n) is 4.06. The molecule has 0 radical (unpaired) electrons. The van der Waals surface area contributed by atoms with E-state index in [4.69, 9.17) is 20.9 Å². The van der Waals surface area contributed by atoms with Crippen LogP contribution >= 0.6 is 23.4 Å². The van der Waals surface area contributed by atoms with E-state index in [2.05, 4.69) is 40.0 Å². The van der Waals surface area contributed by atoms with Gasteiger partial charge in [-0.05, 0) is 62.0 Å². The summed E-state index contributed by atoms with van der Waals surface area (Å²) in [7, 11) is -0.352. The van der Waals surface area contributed by atoms with Gasteiger partial charge in [-0.25, -0.2) is 0 Å². The van der Waals surface area contributed by atoms with Crippen LogP contribution in [0.25, 0.3) is 5.47 Å². The Morgan fingerprint density at radius 1 is 1.14 bits per heavy atom. The molecule has 0 spiro atoms. The largest absolute Gasteiger partial charge is 0.495 e. The summed E-state index contributed by atoms with van der Waals surface area (Å²) in [5.74, 6) is 1.01. The van der Waals surface area contributed by atoms with Crippen molar-refractivity contribution in [3.05, 3.63) is 40.3 Å². The van der Waals surface area contributed by atoms with E-state index in [1.165, 1.54) is 0 Å². The molecule has 1 aliphatic rings. The lowest BCUT2D eigenvalue weighted by molar-refractivity contribution is 0.00578. The maximum atomic E-state index is 6.17. The van der Waals surface area contributed by atoms with Crippen LogP contribution in [0, 0.1) is 0 Å². The predicted molar refractivity (Wildman–Crippen MR) is 93.6 cm³/mol. The summed E-state index contributed by atoms with van der Waals surface area (Å²) in [5, 5.41) is 2.86. The molecular formula is C16H22BClO2S. The van der Waals surface area contributed by atoms with Crippen molar-refractivity contribution < 1.29 is 9.31 Å². The summed E-state index contributed by atoms with van der Waals surface area (Å²) in [5.41, 5.74) is 1.47. The molecule has 2 rings (SSSR count). The van der Waals surface area contributed by atoms with Crippen LogP contribution in [-0.2, 0) is 9.31 Å². The molecule has 0 amide bonds. The SMILES string of the molecule is CCS/C=C(\B1OC(C)(C)C(C)(C)O1)c1ccc(Cl)cc1. The number of hydrogen-bond donors (Lipinski definition) is 0. The van der Waals surface area contributed by atoms with Crippen molar-refractivity contribution in [3.63, 3.8) is 0 Å². The minimum atomic E-state index is -0.352. The highest BCUT2D eigenvalue weighted by molar-refractivity contribution is 8.02. The number of rotatable bonds is 4. The van der Waals surface area contributed by atoms with E-state index in [1.807, 2.05) is 24.3 Å². The average Bonchev–Trinajstić information content (AvgIpc) is 2.61. The highest BCUT2D eigenvalue weighted by Crippen LogP contribution is 2.41. The molecule has 1 saturated heterocycles. The fourth-order valence-corrected chi connectivity index (χ4v) is 2.76. The van der Waals surface area contributed by atoms with Gasteiger partial charge < -0.3 is 9.31 Å². The molecular weight excluding hydrogens is 303 g/mol. The second kappa shape index (κ2) is 6.37. The molecule has 0 atom stereocenters. The van der Waals surface area contributed by atoms with Crippen LogP contribution < -0.4 is 0 Å². The van der Waals surface area contributed by atoms with Crippen molar-refractivity contribution in [2.75, 3.05) is 5.75 Å². The zero-order chi connectivity index (χ0) is 15.7. The van der Waals surface area contributed by atoms with Crippen LogP contribution in [-0.4, -0.2) is 24.1 Å². The Hall–Kier alpha value is -0.415. The molecule has 1 heterocycles. The number of hydrogen-bond acceptors (Lipinski definition) is 3. The van der Waals surface area contributed by atoms with Crippen LogP contribution in [0.4, 0.5) is 0 Å². The van der Waals surface area contributed by atoms with Crippen LogP contribution in [0.15, 0.2) is 29.7 Å². The van der Waals surface area contributed by atoms with Crippen molar-refractivity contribution >= 4 is 36.0 Å². The van der Waals surface area contributed by atoms with Gasteiger partial charge in [0.15, 0.2) is 0 Å². The molecule has 0 bridgehead atoms. The van der Waals surface area contributed by atoms with E-state index in [1.54, 1.807) is 11.8 Å². The lowest BCUT2D eigenvalue weighted by atomic mass is 9.75. The molecule has 0 aliphatic carbocycles. The van der Waals surface area contributed by atoms with E-state index in [0.717, 1.165) is 21.8 Å². The van der Waals surface area contributed by atoms with Gasteiger partial charge in [-0.3, -0.25) is 0 Å². The quantitative estimate of drug-likeness (QED) is 0.721. The Morgan fingerprint density at radius 2 is 1.67 bits per heavy atom. The minimum Gasteiger partial charge on any atom is -0.399 e. The van der Waals surface area contributed by atoms with Crippen LogP contribution in [0.1, 0.15) is 40.2 Å². The topological polar surface area (TPSA) is 18.5 Å². The average molecular weight is 325 g/mol. The van der Waals surface area contributed by atoms with Gasteiger partial charge in [-0.2, -0.15) is 0 Å². The molecule has 1 aromatic carbocycles. The van der Waals surface area contributed by atoms with Gasteiger partial charge >= 0.3 is 7.12 Å². The monoisotopic (exact) mass is 324 g/mol. The molecule has 0 unspecified atom stereocenters. The summed E-state index contributed by atoms with van der Waals surface area (Å²) in [6.07, 6.45) is 0. The van der Waals surface area contributed by atoms with Gasteiger partial charge in [-0.15, -0.1) is 11.8 Å². The Balaban J connectivity index is 2.32. The van der Waals surface area contributed by atoms with E-state index < -0.39 is 0 Å². The molecule has 114 valence electrons. The first-order valence-corrected chi connectivity index (χ1v) is 8.63. The maximum absolute atomic E-state index is 6.17. The van der Waals surface area contributed by atoms with Gasteiger partial charge in [-0.1, -0.05) is 30.7 Å². The van der Waals surface area contributed by atoms with Crippen molar-refractivity contribution in [2.24, 2.45) is 0 Å². The summed E-state index contributed by atoms with van der Waals surface area (Å²) >= 11 is 7.73. The van der Waals surface area contributed by atoms with Crippen LogP contribution in [0.5, 0.6) is 0 Å². The standard InChI is InChI=1S/C16H22BClO2S/c1-6-21-11-14(12-7-9-13(18)10-8-12)17-19-15(2,3)16(4,5)20-17/h7-11H,6H2,1-5H3/b14-11-.